The maximum absolute atomic E-state index is 4.69. The molecule has 2 aromatic rings. The lowest BCUT2D eigenvalue weighted by Gasteiger charge is -2.30. The molecule has 0 N–H and O–H groups in total. The Bertz CT molecular complexity index is 677. The number of fused-ring (bicyclic) bond motifs is 1. The van der Waals surface area contributed by atoms with Crippen LogP contribution >= 0.6 is 0 Å². The van der Waals surface area contributed by atoms with Crippen LogP contribution in [0.2, 0.25) is 0 Å². The fraction of sp³-hybridized carbons (Fsp3) is 0.444. The zero-order chi connectivity index (χ0) is 14.9. The van der Waals surface area contributed by atoms with E-state index in [-0.39, 0.29) is 0 Å². The molecule has 1 saturated heterocycles. The molecule has 0 atom stereocenters. The Morgan fingerprint density at radius 2 is 1.55 bits per heavy atom. The topological polar surface area (TPSA) is 32.3 Å². The third-order valence-corrected chi connectivity index (χ3v) is 4.70. The van der Waals surface area contributed by atoms with Crippen LogP contribution in [0.4, 0.5) is 11.6 Å². The largest absolute Gasteiger partial charge is 0.356 e. The highest BCUT2D eigenvalue weighted by Gasteiger charge is 2.20. The standard InChI is InChI=1S/C18H22N4/c1-14-19-17(21-9-4-5-10-21)12-18(20-14)22-11-8-15-6-2-3-7-16(15)13-22/h2-3,6-7,12H,4-5,8-11,13H2,1H3. The van der Waals surface area contributed by atoms with Crippen molar-refractivity contribution in [1.29, 1.82) is 0 Å². The molecule has 1 aromatic heterocycles. The molecule has 0 unspecified atom stereocenters. The van der Waals surface area contributed by atoms with Gasteiger partial charge in [0.2, 0.25) is 0 Å². The Morgan fingerprint density at radius 3 is 2.32 bits per heavy atom. The maximum atomic E-state index is 4.69. The second-order valence-electron chi connectivity index (χ2n) is 6.27. The average molecular weight is 294 g/mol. The van der Waals surface area contributed by atoms with Crippen molar-refractivity contribution in [1.82, 2.24) is 9.97 Å². The fourth-order valence-electron chi connectivity index (χ4n) is 3.50. The van der Waals surface area contributed by atoms with Crippen molar-refractivity contribution < 1.29 is 0 Å². The van der Waals surface area contributed by atoms with Crippen LogP contribution < -0.4 is 9.80 Å². The number of benzene rings is 1. The second kappa shape index (κ2) is 5.59. The lowest BCUT2D eigenvalue weighted by molar-refractivity contribution is 0.716. The van der Waals surface area contributed by atoms with Crippen LogP contribution in [0.15, 0.2) is 30.3 Å². The Hall–Kier alpha value is -2.10. The van der Waals surface area contributed by atoms with Gasteiger partial charge in [-0.2, -0.15) is 0 Å². The summed E-state index contributed by atoms with van der Waals surface area (Å²) < 4.78 is 0. The molecule has 0 amide bonds. The van der Waals surface area contributed by atoms with Crippen molar-refractivity contribution in [2.45, 2.75) is 32.7 Å². The maximum Gasteiger partial charge on any atom is 0.134 e. The highest BCUT2D eigenvalue weighted by Crippen LogP contribution is 2.26. The lowest BCUT2D eigenvalue weighted by Crippen LogP contribution is -2.31. The highest BCUT2D eigenvalue weighted by molar-refractivity contribution is 5.53. The van der Waals surface area contributed by atoms with E-state index in [1.54, 1.807) is 0 Å². The Kier molecular flexibility index (Phi) is 3.45. The van der Waals surface area contributed by atoms with Crippen LogP contribution in [0.5, 0.6) is 0 Å². The zero-order valence-corrected chi connectivity index (χ0v) is 13.1. The number of anilines is 2. The summed E-state index contributed by atoms with van der Waals surface area (Å²) in [6.45, 7) is 6.23. The quantitative estimate of drug-likeness (QED) is 0.852. The van der Waals surface area contributed by atoms with Crippen molar-refractivity contribution in [3.63, 3.8) is 0 Å². The number of rotatable bonds is 2. The van der Waals surface area contributed by atoms with Crippen LogP contribution in [0.3, 0.4) is 0 Å². The monoisotopic (exact) mass is 294 g/mol. The normalized spacial score (nSPS) is 17.7. The van der Waals surface area contributed by atoms with Gasteiger partial charge in [0.1, 0.15) is 17.5 Å². The van der Waals surface area contributed by atoms with Crippen molar-refractivity contribution in [3.05, 3.63) is 47.3 Å². The molecule has 0 radical (unpaired) electrons. The van der Waals surface area contributed by atoms with Crippen LogP contribution in [-0.2, 0) is 13.0 Å². The minimum absolute atomic E-state index is 0.873. The van der Waals surface area contributed by atoms with Gasteiger partial charge < -0.3 is 9.80 Å². The van der Waals surface area contributed by atoms with Gasteiger partial charge in [-0.1, -0.05) is 24.3 Å². The molecule has 0 aliphatic carbocycles. The van der Waals surface area contributed by atoms with E-state index >= 15 is 0 Å². The summed E-state index contributed by atoms with van der Waals surface area (Å²) in [6.07, 6.45) is 3.64. The van der Waals surface area contributed by atoms with Gasteiger partial charge in [0, 0.05) is 32.2 Å². The number of hydrogen-bond acceptors (Lipinski definition) is 4. The highest BCUT2D eigenvalue weighted by atomic mass is 15.2. The molecule has 3 heterocycles. The Morgan fingerprint density at radius 1 is 0.864 bits per heavy atom. The SMILES string of the molecule is Cc1nc(N2CCCC2)cc(N2CCc3ccccc3C2)n1. The second-order valence-corrected chi connectivity index (χ2v) is 6.27. The summed E-state index contributed by atoms with van der Waals surface area (Å²) in [5.74, 6) is 3.04. The van der Waals surface area contributed by atoms with Gasteiger partial charge in [0.15, 0.2) is 0 Å². The molecule has 114 valence electrons. The van der Waals surface area contributed by atoms with E-state index in [1.807, 2.05) is 6.92 Å². The fourth-order valence-corrected chi connectivity index (χ4v) is 3.50. The predicted molar refractivity (Wildman–Crippen MR) is 89.4 cm³/mol. The van der Waals surface area contributed by atoms with Crippen molar-refractivity contribution in [3.8, 4) is 0 Å². The van der Waals surface area contributed by atoms with E-state index in [2.05, 4.69) is 50.1 Å². The molecular formula is C18H22N4. The third-order valence-electron chi connectivity index (χ3n) is 4.70. The van der Waals surface area contributed by atoms with Crippen molar-refractivity contribution >= 4 is 11.6 Å². The van der Waals surface area contributed by atoms with Crippen LogP contribution in [0, 0.1) is 6.92 Å². The van der Waals surface area contributed by atoms with Crippen LogP contribution in [0.1, 0.15) is 29.8 Å². The number of nitrogens with zero attached hydrogens (tertiary/aromatic N) is 4. The van der Waals surface area contributed by atoms with E-state index < -0.39 is 0 Å². The van der Waals surface area contributed by atoms with Crippen molar-refractivity contribution in [2.24, 2.45) is 0 Å². The molecule has 1 aromatic carbocycles. The molecule has 4 nitrogen and oxygen atoms in total. The van der Waals surface area contributed by atoms with Gasteiger partial charge in [0.25, 0.3) is 0 Å². The van der Waals surface area contributed by atoms with Crippen LogP contribution in [-0.4, -0.2) is 29.6 Å². The van der Waals surface area contributed by atoms with Crippen molar-refractivity contribution in [2.75, 3.05) is 29.4 Å². The summed E-state index contributed by atoms with van der Waals surface area (Å²) in [4.78, 5) is 14.1. The van der Waals surface area contributed by atoms with E-state index in [1.165, 1.54) is 24.0 Å². The average Bonchev–Trinajstić information content (AvgIpc) is 3.08. The minimum Gasteiger partial charge on any atom is -0.356 e. The first-order valence-electron chi connectivity index (χ1n) is 8.22. The first-order chi connectivity index (χ1) is 10.8. The molecule has 22 heavy (non-hydrogen) atoms. The smallest absolute Gasteiger partial charge is 0.134 e. The van der Waals surface area contributed by atoms with Gasteiger partial charge in [-0.05, 0) is 37.3 Å². The first kappa shape index (κ1) is 13.6. The van der Waals surface area contributed by atoms with Gasteiger partial charge in [-0.15, -0.1) is 0 Å². The summed E-state index contributed by atoms with van der Waals surface area (Å²) in [5, 5.41) is 0. The Labute approximate surface area is 131 Å². The zero-order valence-electron chi connectivity index (χ0n) is 13.1. The lowest BCUT2D eigenvalue weighted by atomic mass is 10.00. The molecule has 2 aliphatic rings. The summed E-state index contributed by atoms with van der Waals surface area (Å²) in [7, 11) is 0. The number of hydrogen-bond donors (Lipinski definition) is 0. The molecule has 4 rings (SSSR count). The molecule has 0 spiro atoms. The van der Waals surface area contributed by atoms with E-state index in [0.717, 1.165) is 50.1 Å². The predicted octanol–water partition coefficient (Wildman–Crippen LogP) is 2.95. The van der Waals surface area contributed by atoms with E-state index in [9.17, 15) is 0 Å². The third kappa shape index (κ3) is 2.54. The molecule has 1 fully saturated rings. The number of aryl methyl sites for hydroxylation is 1. The number of aromatic nitrogens is 2. The summed E-state index contributed by atoms with van der Waals surface area (Å²) in [5.41, 5.74) is 2.90. The van der Waals surface area contributed by atoms with Gasteiger partial charge in [0.05, 0.1) is 0 Å². The molecule has 2 aliphatic heterocycles. The summed E-state index contributed by atoms with van der Waals surface area (Å²) in [6, 6.07) is 10.9. The van der Waals surface area contributed by atoms with E-state index in [0.29, 0.717) is 0 Å². The Balaban J connectivity index is 1.63. The minimum atomic E-state index is 0.873. The van der Waals surface area contributed by atoms with E-state index in [4.69, 9.17) is 0 Å². The molecular weight excluding hydrogens is 272 g/mol. The molecule has 0 bridgehead atoms. The first-order valence-corrected chi connectivity index (χ1v) is 8.22. The summed E-state index contributed by atoms with van der Waals surface area (Å²) >= 11 is 0. The molecule has 4 heteroatoms. The van der Waals surface area contributed by atoms with Gasteiger partial charge >= 0.3 is 0 Å². The van der Waals surface area contributed by atoms with Gasteiger partial charge in [-0.3, -0.25) is 0 Å². The van der Waals surface area contributed by atoms with Crippen LogP contribution in [0.25, 0.3) is 0 Å². The van der Waals surface area contributed by atoms with Gasteiger partial charge in [-0.25, -0.2) is 9.97 Å². The molecule has 0 saturated carbocycles.